The molecule has 0 aromatic heterocycles. The molecule has 0 saturated carbocycles. The average Bonchev–Trinajstić information content (AvgIpc) is 2.36. The molecule has 116 valence electrons. The summed E-state index contributed by atoms with van der Waals surface area (Å²) < 4.78 is 0. The molecule has 0 heterocycles. The molecule has 1 unspecified atom stereocenters. The topological polar surface area (TPSA) is 84.3 Å². The number of nitro benzene ring substituents is 1. The van der Waals surface area contributed by atoms with E-state index in [1.807, 2.05) is 27.7 Å². The Labute approximate surface area is 125 Å². The van der Waals surface area contributed by atoms with Gasteiger partial charge in [-0.1, -0.05) is 12.1 Å². The lowest BCUT2D eigenvalue weighted by molar-refractivity contribution is -0.384. The Balaban J connectivity index is 2.42. The molecule has 1 aromatic rings. The van der Waals surface area contributed by atoms with Gasteiger partial charge >= 0.3 is 0 Å². The van der Waals surface area contributed by atoms with Gasteiger partial charge in [-0.3, -0.25) is 14.9 Å². The summed E-state index contributed by atoms with van der Waals surface area (Å²) in [4.78, 5) is 21.8. The maximum Gasteiger partial charge on any atom is 0.269 e. The van der Waals surface area contributed by atoms with E-state index in [0.717, 1.165) is 5.56 Å². The minimum atomic E-state index is -0.418. The van der Waals surface area contributed by atoms with Crippen LogP contribution in [0.1, 0.15) is 45.7 Å². The van der Waals surface area contributed by atoms with Crippen LogP contribution in [0.3, 0.4) is 0 Å². The Morgan fingerprint density at radius 3 is 2.33 bits per heavy atom. The van der Waals surface area contributed by atoms with Gasteiger partial charge < -0.3 is 10.6 Å². The fraction of sp³-hybridized carbons (Fsp3) is 0.533. The number of amides is 1. The molecule has 0 aliphatic rings. The number of hydrogen-bond acceptors (Lipinski definition) is 4. The number of benzene rings is 1. The van der Waals surface area contributed by atoms with Crippen LogP contribution in [0, 0.1) is 10.1 Å². The fourth-order valence-corrected chi connectivity index (χ4v) is 1.89. The summed E-state index contributed by atoms with van der Waals surface area (Å²) in [6, 6.07) is 6.46. The fourth-order valence-electron chi connectivity index (χ4n) is 1.89. The van der Waals surface area contributed by atoms with E-state index in [2.05, 4.69) is 10.6 Å². The maximum absolute atomic E-state index is 11.7. The van der Waals surface area contributed by atoms with Gasteiger partial charge in [0.05, 0.1) is 4.92 Å². The van der Waals surface area contributed by atoms with Crippen LogP contribution in [0.4, 0.5) is 5.69 Å². The Morgan fingerprint density at radius 2 is 1.86 bits per heavy atom. The maximum atomic E-state index is 11.7. The summed E-state index contributed by atoms with van der Waals surface area (Å²) >= 11 is 0. The lowest BCUT2D eigenvalue weighted by Crippen LogP contribution is -2.41. The molecule has 0 saturated heterocycles. The summed E-state index contributed by atoms with van der Waals surface area (Å²) in [5.74, 6) is 0.00546. The van der Waals surface area contributed by atoms with E-state index in [1.165, 1.54) is 12.1 Å². The molecule has 1 amide bonds. The Kier molecular flexibility index (Phi) is 5.84. The molecule has 1 rings (SSSR count). The van der Waals surface area contributed by atoms with Crippen molar-refractivity contribution >= 4 is 11.6 Å². The third kappa shape index (κ3) is 6.35. The summed E-state index contributed by atoms with van der Waals surface area (Å²) in [7, 11) is 0. The van der Waals surface area contributed by atoms with Gasteiger partial charge in [-0.25, -0.2) is 0 Å². The van der Waals surface area contributed by atoms with Gasteiger partial charge in [-0.05, 0) is 33.3 Å². The second-order valence-electron chi connectivity index (χ2n) is 6.07. The van der Waals surface area contributed by atoms with Crippen LogP contribution >= 0.6 is 0 Å². The van der Waals surface area contributed by atoms with Crippen molar-refractivity contribution in [3.05, 3.63) is 39.9 Å². The van der Waals surface area contributed by atoms with Gasteiger partial charge in [0.1, 0.15) is 0 Å². The molecule has 0 radical (unpaired) electrons. The molecule has 0 aliphatic heterocycles. The minimum absolute atomic E-state index is 0.00546. The lowest BCUT2D eigenvalue weighted by atomic mass is 10.1. The van der Waals surface area contributed by atoms with E-state index in [9.17, 15) is 14.9 Å². The zero-order valence-corrected chi connectivity index (χ0v) is 13.0. The van der Waals surface area contributed by atoms with Gasteiger partial charge in [-0.2, -0.15) is 0 Å². The molecule has 6 nitrogen and oxygen atoms in total. The van der Waals surface area contributed by atoms with Crippen LogP contribution in [-0.2, 0) is 4.79 Å². The van der Waals surface area contributed by atoms with Gasteiger partial charge in [0.2, 0.25) is 5.91 Å². The number of nitro groups is 1. The highest BCUT2D eigenvalue weighted by Gasteiger charge is 2.14. The minimum Gasteiger partial charge on any atom is -0.351 e. The number of non-ortho nitro benzene ring substituents is 1. The predicted octanol–water partition coefficient (Wildman–Crippen LogP) is 2.55. The van der Waals surface area contributed by atoms with Crippen molar-refractivity contribution in [1.82, 2.24) is 10.6 Å². The third-order valence-electron chi connectivity index (χ3n) is 2.92. The normalized spacial score (nSPS) is 12.8. The second kappa shape index (κ2) is 7.17. The Bertz CT molecular complexity index is 492. The first-order valence-corrected chi connectivity index (χ1v) is 6.98. The van der Waals surface area contributed by atoms with Crippen LogP contribution in [0.25, 0.3) is 0 Å². The van der Waals surface area contributed by atoms with Crippen LogP contribution < -0.4 is 10.6 Å². The van der Waals surface area contributed by atoms with E-state index in [-0.39, 0.29) is 23.2 Å². The smallest absolute Gasteiger partial charge is 0.269 e. The van der Waals surface area contributed by atoms with Crippen molar-refractivity contribution in [1.29, 1.82) is 0 Å². The molecule has 0 spiro atoms. The number of nitrogens with one attached hydrogen (secondary N) is 2. The van der Waals surface area contributed by atoms with Gasteiger partial charge in [0, 0.05) is 36.7 Å². The molecule has 0 fully saturated rings. The van der Waals surface area contributed by atoms with E-state index >= 15 is 0 Å². The molecule has 1 atom stereocenters. The first kappa shape index (κ1) is 17.1. The summed E-state index contributed by atoms with van der Waals surface area (Å²) in [5, 5.41) is 16.7. The van der Waals surface area contributed by atoms with Crippen molar-refractivity contribution in [3.63, 3.8) is 0 Å². The van der Waals surface area contributed by atoms with E-state index < -0.39 is 4.92 Å². The molecule has 2 N–H and O–H groups in total. The number of rotatable bonds is 6. The number of nitrogens with zero attached hydrogens (tertiary/aromatic N) is 1. The summed E-state index contributed by atoms with van der Waals surface area (Å²) in [6.07, 6.45) is 0.397. The molecule has 0 bridgehead atoms. The molecule has 0 aliphatic carbocycles. The number of carbonyl (C=O) groups excluding carboxylic acids is 1. The molecular formula is C15H23N3O3. The first-order valence-electron chi connectivity index (χ1n) is 6.98. The average molecular weight is 293 g/mol. The largest absolute Gasteiger partial charge is 0.351 e. The van der Waals surface area contributed by atoms with Gasteiger partial charge in [0.25, 0.3) is 5.69 Å². The number of hydrogen-bond donors (Lipinski definition) is 2. The second-order valence-corrected chi connectivity index (χ2v) is 6.07. The van der Waals surface area contributed by atoms with Crippen LogP contribution in [0.15, 0.2) is 24.3 Å². The molecule has 6 heteroatoms. The highest BCUT2D eigenvalue weighted by Crippen LogP contribution is 2.17. The van der Waals surface area contributed by atoms with Crippen molar-refractivity contribution in [2.45, 2.75) is 45.7 Å². The predicted molar refractivity (Wildman–Crippen MR) is 82.0 cm³/mol. The van der Waals surface area contributed by atoms with Gasteiger partial charge in [0.15, 0.2) is 0 Å². The van der Waals surface area contributed by atoms with Crippen molar-refractivity contribution in [2.75, 3.05) is 6.54 Å². The lowest BCUT2D eigenvalue weighted by Gasteiger charge is -2.21. The number of carbonyl (C=O) groups is 1. The van der Waals surface area contributed by atoms with Crippen molar-refractivity contribution in [3.8, 4) is 0 Å². The standard InChI is InChI=1S/C15H23N3O3/c1-11(12-5-7-13(8-6-12)18(20)21)16-10-9-14(19)17-15(2,3)4/h5-8,11,16H,9-10H2,1-4H3,(H,17,19). The van der Waals surface area contributed by atoms with Crippen LogP contribution in [-0.4, -0.2) is 22.9 Å². The molecular weight excluding hydrogens is 270 g/mol. The third-order valence-corrected chi connectivity index (χ3v) is 2.92. The summed E-state index contributed by atoms with van der Waals surface area (Å²) in [6.45, 7) is 8.34. The van der Waals surface area contributed by atoms with Crippen molar-refractivity contribution in [2.24, 2.45) is 0 Å². The van der Waals surface area contributed by atoms with Crippen LogP contribution in [0.5, 0.6) is 0 Å². The van der Waals surface area contributed by atoms with E-state index in [1.54, 1.807) is 12.1 Å². The summed E-state index contributed by atoms with van der Waals surface area (Å²) in [5.41, 5.74) is 0.813. The highest BCUT2D eigenvalue weighted by atomic mass is 16.6. The zero-order valence-electron chi connectivity index (χ0n) is 13.0. The van der Waals surface area contributed by atoms with E-state index in [4.69, 9.17) is 0 Å². The van der Waals surface area contributed by atoms with Crippen molar-refractivity contribution < 1.29 is 9.72 Å². The Hall–Kier alpha value is -1.95. The quantitative estimate of drug-likeness (QED) is 0.623. The molecule has 1 aromatic carbocycles. The highest BCUT2D eigenvalue weighted by molar-refractivity contribution is 5.76. The zero-order chi connectivity index (χ0) is 16.0. The molecule has 21 heavy (non-hydrogen) atoms. The van der Waals surface area contributed by atoms with Crippen LogP contribution in [0.2, 0.25) is 0 Å². The van der Waals surface area contributed by atoms with E-state index in [0.29, 0.717) is 13.0 Å². The monoisotopic (exact) mass is 293 g/mol. The Morgan fingerprint density at radius 1 is 1.29 bits per heavy atom. The van der Waals surface area contributed by atoms with Gasteiger partial charge in [-0.15, -0.1) is 0 Å². The SMILES string of the molecule is CC(NCCC(=O)NC(C)(C)C)c1ccc([N+](=O)[O-])cc1. The first-order chi connectivity index (χ1) is 9.69.